The number of nitrogens with zero attached hydrogens (tertiary/aromatic N) is 2. The highest BCUT2D eigenvalue weighted by Crippen LogP contribution is 2.45. The van der Waals surface area contributed by atoms with Crippen molar-refractivity contribution in [2.24, 2.45) is 0 Å². The van der Waals surface area contributed by atoms with E-state index in [4.69, 9.17) is 4.42 Å². The molecule has 3 heteroatoms. The van der Waals surface area contributed by atoms with Gasteiger partial charge in [0, 0.05) is 44.2 Å². The van der Waals surface area contributed by atoms with Crippen molar-refractivity contribution in [1.82, 2.24) is 4.57 Å². The van der Waals surface area contributed by atoms with Gasteiger partial charge in [-0.1, -0.05) is 158 Å². The lowest BCUT2D eigenvalue weighted by Crippen LogP contribution is -2.12. The van der Waals surface area contributed by atoms with Crippen LogP contribution in [0.5, 0.6) is 0 Å². The zero-order valence-corrected chi connectivity index (χ0v) is 31.1. The van der Waals surface area contributed by atoms with Gasteiger partial charge in [-0.3, -0.25) is 0 Å². The van der Waals surface area contributed by atoms with Crippen LogP contribution >= 0.6 is 0 Å². The first kappa shape index (κ1) is 32.8. The SMILES string of the molecule is c1ccc(-c2ccccc2-c2ccccc2N(c2ccc(-c3cccc4oc5ccccc5c34)cc2)c2cccc(-n3c4ccccc4c4ccccc43)c2)cc1. The molecule has 0 atom stereocenters. The number of benzene rings is 9. The van der Waals surface area contributed by atoms with Crippen molar-refractivity contribution < 1.29 is 4.42 Å². The van der Waals surface area contributed by atoms with E-state index in [1.165, 1.54) is 38.5 Å². The number of anilines is 3. The molecule has 0 aliphatic heterocycles. The molecule has 2 aromatic heterocycles. The molecule has 268 valence electrons. The molecule has 9 aromatic carbocycles. The standard InChI is InChI=1S/C54H36N2O/c1-2-16-37(17-3-1)42-20-4-5-21-44(42)45-22-6-10-27-49(45)55(39-34-32-38(33-35-39)43-26-15-31-53-54(43)48-25-9-13-30-52(48)57-53)40-18-14-19-41(36-40)56-50-28-11-7-23-46(50)47-24-8-12-29-51(47)56/h1-36H. The third-order valence-corrected chi connectivity index (χ3v) is 11.2. The molecule has 0 saturated heterocycles. The molecule has 0 aliphatic rings. The van der Waals surface area contributed by atoms with Crippen LogP contribution in [-0.4, -0.2) is 4.57 Å². The van der Waals surface area contributed by atoms with Crippen LogP contribution in [0.3, 0.4) is 0 Å². The Morgan fingerprint density at radius 1 is 0.351 bits per heavy atom. The van der Waals surface area contributed by atoms with Crippen molar-refractivity contribution in [3.05, 3.63) is 218 Å². The summed E-state index contributed by atoms with van der Waals surface area (Å²) in [4.78, 5) is 2.41. The zero-order chi connectivity index (χ0) is 37.7. The number of aromatic nitrogens is 1. The highest BCUT2D eigenvalue weighted by Gasteiger charge is 2.21. The monoisotopic (exact) mass is 728 g/mol. The van der Waals surface area contributed by atoms with Crippen LogP contribution in [0, 0.1) is 0 Å². The van der Waals surface area contributed by atoms with Crippen LogP contribution in [0.25, 0.3) is 82.8 Å². The Hall–Kier alpha value is -7.62. The van der Waals surface area contributed by atoms with Crippen LogP contribution in [0.2, 0.25) is 0 Å². The fourth-order valence-electron chi connectivity index (χ4n) is 8.69. The first-order valence-corrected chi connectivity index (χ1v) is 19.4. The molecular formula is C54H36N2O. The van der Waals surface area contributed by atoms with Gasteiger partial charge in [-0.15, -0.1) is 0 Å². The molecule has 3 nitrogen and oxygen atoms in total. The Labute approximate surface area is 330 Å². The molecule has 0 saturated carbocycles. The van der Waals surface area contributed by atoms with Crippen LogP contribution < -0.4 is 4.90 Å². The van der Waals surface area contributed by atoms with Gasteiger partial charge < -0.3 is 13.9 Å². The highest BCUT2D eigenvalue weighted by molar-refractivity contribution is 6.12. The van der Waals surface area contributed by atoms with Crippen LogP contribution in [0.4, 0.5) is 17.1 Å². The molecular weight excluding hydrogens is 693 g/mol. The predicted molar refractivity (Wildman–Crippen MR) is 239 cm³/mol. The molecule has 0 N–H and O–H groups in total. The van der Waals surface area contributed by atoms with E-state index in [2.05, 4.69) is 216 Å². The third-order valence-electron chi connectivity index (χ3n) is 11.2. The minimum absolute atomic E-state index is 0.896. The Kier molecular flexibility index (Phi) is 7.82. The highest BCUT2D eigenvalue weighted by atomic mass is 16.3. The van der Waals surface area contributed by atoms with Gasteiger partial charge in [0.2, 0.25) is 0 Å². The molecule has 0 spiro atoms. The second kappa shape index (κ2) is 13.6. The van der Waals surface area contributed by atoms with E-state index in [0.29, 0.717) is 0 Å². The average Bonchev–Trinajstić information content (AvgIpc) is 3.84. The maximum absolute atomic E-state index is 6.27. The van der Waals surface area contributed by atoms with Gasteiger partial charge in [0.15, 0.2) is 0 Å². The topological polar surface area (TPSA) is 21.3 Å². The van der Waals surface area contributed by atoms with E-state index in [1.807, 2.05) is 12.1 Å². The van der Waals surface area contributed by atoms with E-state index in [1.54, 1.807) is 0 Å². The molecule has 11 rings (SSSR count). The normalized spacial score (nSPS) is 11.5. The first-order chi connectivity index (χ1) is 28.3. The minimum Gasteiger partial charge on any atom is -0.456 e. The lowest BCUT2D eigenvalue weighted by molar-refractivity contribution is 0.669. The number of hydrogen-bond donors (Lipinski definition) is 0. The van der Waals surface area contributed by atoms with Gasteiger partial charge in [0.25, 0.3) is 0 Å². The smallest absolute Gasteiger partial charge is 0.136 e. The van der Waals surface area contributed by atoms with Crippen molar-refractivity contribution in [1.29, 1.82) is 0 Å². The lowest BCUT2D eigenvalue weighted by Gasteiger charge is -2.29. The van der Waals surface area contributed by atoms with Crippen LogP contribution in [-0.2, 0) is 0 Å². The second-order valence-corrected chi connectivity index (χ2v) is 14.5. The Morgan fingerprint density at radius 3 is 1.68 bits per heavy atom. The second-order valence-electron chi connectivity index (χ2n) is 14.5. The quantitative estimate of drug-likeness (QED) is 0.163. The minimum atomic E-state index is 0.896. The molecule has 11 aromatic rings. The summed E-state index contributed by atoms with van der Waals surface area (Å²) in [6, 6.07) is 78.2. The van der Waals surface area contributed by atoms with E-state index in [-0.39, 0.29) is 0 Å². The summed E-state index contributed by atoms with van der Waals surface area (Å²) in [6.45, 7) is 0. The fraction of sp³-hybridized carbons (Fsp3) is 0. The number of furan rings is 1. The number of hydrogen-bond acceptors (Lipinski definition) is 2. The maximum Gasteiger partial charge on any atom is 0.136 e. The lowest BCUT2D eigenvalue weighted by atomic mass is 9.93. The number of fused-ring (bicyclic) bond motifs is 6. The molecule has 2 heterocycles. The van der Waals surface area contributed by atoms with Crippen molar-refractivity contribution in [2.75, 3.05) is 4.90 Å². The predicted octanol–water partition coefficient (Wildman–Crippen LogP) is 15.2. The van der Waals surface area contributed by atoms with Crippen molar-refractivity contribution in [3.63, 3.8) is 0 Å². The van der Waals surface area contributed by atoms with Gasteiger partial charge in [-0.25, -0.2) is 0 Å². The summed E-state index contributed by atoms with van der Waals surface area (Å²) in [6.07, 6.45) is 0. The summed E-state index contributed by atoms with van der Waals surface area (Å²) in [7, 11) is 0. The summed E-state index contributed by atoms with van der Waals surface area (Å²) in [5, 5.41) is 4.75. The van der Waals surface area contributed by atoms with Gasteiger partial charge in [0.1, 0.15) is 11.2 Å². The van der Waals surface area contributed by atoms with Gasteiger partial charge in [0.05, 0.1) is 16.7 Å². The molecule has 0 bridgehead atoms. The Balaban J connectivity index is 1.12. The molecule has 57 heavy (non-hydrogen) atoms. The van der Waals surface area contributed by atoms with Crippen LogP contribution in [0.1, 0.15) is 0 Å². The number of rotatable bonds is 7. The van der Waals surface area contributed by atoms with E-state index >= 15 is 0 Å². The first-order valence-electron chi connectivity index (χ1n) is 19.4. The summed E-state index contributed by atoms with van der Waals surface area (Å²) in [5.74, 6) is 0. The molecule has 0 aliphatic carbocycles. The van der Waals surface area contributed by atoms with Gasteiger partial charge >= 0.3 is 0 Å². The Bertz CT molecular complexity index is 3190. The summed E-state index contributed by atoms with van der Waals surface area (Å²) in [5.41, 5.74) is 15.5. The molecule has 0 fully saturated rings. The number of para-hydroxylation sites is 4. The summed E-state index contributed by atoms with van der Waals surface area (Å²) < 4.78 is 8.66. The largest absolute Gasteiger partial charge is 0.456 e. The molecule has 0 amide bonds. The zero-order valence-electron chi connectivity index (χ0n) is 31.1. The van der Waals surface area contributed by atoms with Crippen molar-refractivity contribution in [2.45, 2.75) is 0 Å². The van der Waals surface area contributed by atoms with Gasteiger partial charge in [-0.05, 0) is 88.5 Å². The molecule has 0 radical (unpaired) electrons. The Morgan fingerprint density at radius 2 is 0.912 bits per heavy atom. The maximum atomic E-state index is 6.27. The fourth-order valence-corrected chi connectivity index (χ4v) is 8.69. The van der Waals surface area contributed by atoms with Gasteiger partial charge in [-0.2, -0.15) is 0 Å². The van der Waals surface area contributed by atoms with Crippen molar-refractivity contribution in [3.8, 4) is 39.1 Å². The van der Waals surface area contributed by atoms with Crippen molar-refractivity contribution >= 4 is 60.8 Å². The average molecular weight is 729 g/mol. The van der Waals surface area contributed by atoms with E-state index in [9.17, 15) is 0 Å². The van der Waals surface area contributed by atoms with E-state index < -0.39 is 0 Å². The molecule has 0 unspecified atom stereocenters. The van der Waals surface area contributed by atoms with E-state index in [0.717, 1.165) is 61.4 Å². The van der Waals surface area contributed by atoms with Crippen LogP contribution in [0.15, 0.2) is 223 Å². The third kappa shape index (κ3) is 5.51. The summed E-state index contributed by atoms with van der Waals surface area (Å²) >= 11 is 0.